The zero-order chi connectivity index (χ0) is 9.97. The molecule has 3 heteroatoms. The SMILES string of the molecule is C=C1CCN(C2CCNCC2)C1C=O. The van der Waals surface area contributed by atoms with Gasteiger partial charge in [-0.1, -0.05) is 12.2 Å². The number of piperidine rings is 1. The van der Waals surface area contributed by atoms with Crippen molar-refractivity contribution in [3.05, 3.63) is 12.2 Å². The molecule has 0 amide bonds. The van der Waals surface area contributed by atoms with Crippen molar-refractivity contribution in [1.82, 2.24) is 10.2 Å². The summed E-state index contributed by atoms with van der Waals surface area (Å²) in [5.74, 6) is 0. The fourth-order valence-electron chi connectivity index (χ4n) is 2.52. The van der Waals surface area contributed by atoms with E-state index in [1.54, 1.807) is 0 Å². The van der Waals surface area contributed by atoms with E-state index in [4.69, 9.17) is 0 Å². The minimum absolute atomic E-state index is 0.00176. The molecule has 0 radical (unpaired) electrons. The summed E-state index contributed by atoms with van der Waals surface area (Å²) in [6, 6.07) is 0.587. The lowest BCUT2D eigenvalue weighted by atomic mass is 10.0. The third-order valence-corrected chi connectivity index (χ3v) is 3.37. The summed E-state index contributed by atoms with van der Waals surface area (Å²) in [4.78, 5) is 13.3. The molecular formula is C11H18N2O. The first kappa shape index (κ1) is 9.87. The van der Waals surface area contributed by atoms with E-state index in [0.29, 0.717) is 6.04 Å². The van der Waals surface area contributed by atoms with Crippen molar-refractivity contribution >= 4 is 6.29 Å². The first-order chi connectivity index (χ1) is 6.83. The van der Waals surface area contributed by atoms with Gasteiger partial charge in [-0.3, -0.25) is 4.90 Å². The lowest BCUT2D eigenvalue weighted by molar-refractivity contribution is -0.111. The average Bonchev–Trinajstić information content (AvgIpc) is 2.61. The summed E-state index contributed by atoms with van der Waals surface area (Å²) in [5, 5.41) is 3.34. The van der Waals surface area contributed by atoms with Gasteiger partial charge in [-0.2, -0.15) is 0 Å². The van der Waals surface area contributed by atoms with Gasteiger partial charge in [0.25, 0.3) is 0 Å². The number of rotatable bonds is 2. The van der Waals surface area contributed by atoms with Gasteiger partial charge < -0.3 is 10.1 Å². The molecule has 0 aromatic heterocycles. The van der Waals surface area contributed by atoms with E-state index in [0.717, 1.165) is 50.8 Å². The second kappa shape index (κ2) is 4.24. The number of likely N-dealkylation sites (tertiary alicyclic amines) is 1. The number of carbonyl (C=O) groups excluding carboxylic acids is 1. The minimum atomic E-state index is -0.00176. The van der Waals surface area contributed by atoms with E-state index < -0.39 is 0 Å². The Kier molecular flexibility index (Phi) is 2.99. The Morgan fingerprint density at radius 1 is 1.43 bits per heavy atom. The highest BCUT2D eigenvalue weighted by atomic mass is 16.1. The third-order valence-electron chi connectivity index (χ3n) is 3.37. The third kappa shape index (κ3) is 1.74. The van der Waals surface area contributed by atoms with E-state index in [9.17, 15) is 4.79 Å². The van der Waals surface area contributed by atoms with Crippen molar-refractivity contribution in [2.45, 2.75) is 31.3 Å². The molecule has 2 heterocycles. The van der Waals surface area contributed by atoms with Gasteiger partial charge in [0.2, 0.25) is 0 Å². The van der Waals surface area contributed by atoms with Gasteiger partial charge in [-0.15, -0.1) is 0 Å². The number of aldehydes is 1. The molecule has 0 bridgehead atoms. The summed E-state index contributed by atoms with van der Waals surface area (Å²) >= 11 is 0. The van der Waals surface area contributed by atoms with E-state index in [2.05, 4.69) is 16.8 Å². The van der Waals surface area contributed by atoms with Gasteiger partial charge in [-0.05, 0) is 32.4 Å². The van der Waals surface area contributed by atoms with Gasteiger partial charge in [-0.25, -0.2) is 0 Å². The molecule has 78 valence electrons. The van der Waals surface area contributed by atoms with E-state index in [-0.39, 0.29) is 6.04 Å². The van der Waals surface area contributed by atoms with E-state index in [1.807, 2.05) is 0 Å². The van der Waals surface area contributed by atoms with Crippen molar-refractivity contribution in [2.24, 2.45) is 0 Å². The number of carbonyl (C=O) groups is 1. The van der Waals surface area contributed by atoms with Gasteiger partial charge in [0.1, 0.15) is 6.29 Å². The Bertz CT molecular complexity index is 233. The van der Waals surface area contributed by atoms with Crippen molar-refractivity contribution in [3.8, 4) is 0 Å². The highest BCUT2D eigenvalue weighted by Crippen LogP contribution is 2.26. The molecule has 2 aliphatic rings. The Morgan fingerprint density at radius 2 is 2.14 bits per heavy atom. The van der Waals surface area contributed by atoms with Crippen molar-refractivity contribution in [2.75, 3.05) is 19.6 Å². The van der Waals surface area contributed by atoms with Gasteiger partial charge in [0.05, 0.1) is 6.04 Å². The Morgan fingerprint density at radius 3 is 2.79 bits per heavy atom. The summed E-state index contributed by atoms with van der Waals surface area (Å²) < 4.78 is 0. The summed E-state index contributed by atoms with van der Waals surface area (Å²) in [6.07, 6.45) is 4.37. The monoisotopic (exact) mass is 194 g/mol. The molecule has 0 aromatic carbocycles. The molecule has 2 rings (SSSR count). The maximum Gasteiger partial charge on any atom is 0.141 e. The molecule has 2 saturated heterocycles. The van der Waals surface area contributed by atoms with Crippen LogP contribution in [0.4, 0.5) is 0 Å². The molecular weight excluding hydrogens is 176 g/mol. The topological polar surface area (TPSA) is 32.3 Å². The number of hydrogen-bond donors (Lipinski definition) is 1. The average molecular weight is 194 g/mol. The molecule has 1 unspecified atom stereocenters. The van der Waals surface area contributed by atoms with Crippen LogP contribution in [0.2, 0.25) is 0 Å². The second-order valence-corrected chi connectivity index (χ2v) is 4.21. The van der Waals surface area contributed by atoms with Crippen LogP contribution in [-0.2, 0) is 4.79 Å². The van der Waals surface area contributed by atoms with Gasteiger partial charge in [0, 0.05) is 12.6 Å². The quantitative estimate of drug-likeness (QED) is 0.515. The molecule has 3 nitrogen and oxygen atoms in total. The van der Waals surface area contributed by atoms with Crippen LogP contribution in [0, 0.1) is 0 Å². The summed E-state index contributed by atoms with van der Waals surface area (Å²) in [7, 11) is 0. The molecule has 0 saturated carbocycles. The number of nitrogens with one attached hydrogen (secondary N) is 1. The second-order valence-electron chi connectivity index (χ2n) is 4.21. The highest BCUT2D eigenvalue weighted by molar-refractivity contribution is 5.64. The van der Waals surface area contributed by atoms with E-state index in [1.165, 1.54) is 0 Å². The molecule has 14 heavy (non-hydrogen) atoms. The van der Waals surface area contributed by atoms with Crippen molar-refractivity contribution in [1.29, 1.82) is 0 Å². The van der Waals surface area contributed by atoms with Crippen LogP contribution in [0.3, 0.4) is 0 Å². The molecule has 2 fully saturated rings. The molecule has 1 atom stereocenters. The predicted molar refractivity (Wildman–Crippen MR) is 56.2 cm³/mol. The van der Waals surface area contributed by atoms with Crippen molar-refractivity contribution in [3.63, 3.8) is 0 Å². The normalized spacial score (nSPS) is 30.9. The maximum atomic E-state index is 11.0. The van der Waals surface area contributed by atoms with Crippen LogP contribution in [0.25, 0.3) is 0 Å². The highest BCUT2D eigenvalue weighted by Gasteiger charge is 2.33. The molecule has 1 N–H and O–H groups in total. The first-order valence-corrected chi connectivity index (χ1v) is 5.42. The predicted octanol–water partition coefficient (Wildman–Crippen LogP) is 0.568. The Balaban J connectivity index is 2.01. The summed E-state index contributed by atoms with van der Waals surface area (Å²) in [5.41, 5.74) is 1.10. The largest absolute Gasteiger partial charge is 0.317 e. The van der Waals surface area contributed by atoms with Crippen LogP contribution in [0.1, 0.15) is 19.3 Å². The van der Waals surface area contributed by atoms with E-state index >= 15 is 0 Å². The molecule has 2 aliphatic heterocycles. The molecule has 0 aliphatic carbocycles. The smallest absolute Gasteiger partial charge is 0.141 e. The fraction of sp³-hybridized carbons (Fsp3) is 0.727. The van der Waals surface area contributed by atoms with Gasteiger partial charge >= 0.3 is 0 Å². The number of hydrogen-bond acceptors (Lipinski definition) is 3. The van der Waals surface area contributed by atoms with Crippen LogP contribution >= 0.6 is 0 Å². The lowest BCUT2D eigenvalue weighted by Gasteiger charge is -2.33. The molecule has 0 spiro atoms. The zero-order valence-electron chi connectivity index (χ0n) is 8.54. The first-order valence-electron chi connectivity index (χ1n) is 5.42. The van der Waals surface area contributed by atoms with Crippen LogP contribution in [-0.4, -0.2) is 42.9 Å². The van der Waals surface area contributed by atoms with Gasteiger partial charge in [0.15, 0.2) is 0 Å². The lowest BCUT2D eigenvalue weighted by Crippen LogP contribution is -2.46. The standard InChI is InChI=1S/C11H18N2O/c1-9-4-7-13(11(9)8-14)10-2-5-12-6-3-10/h8,10-12H,1-7H2. The Labute approximate surface area is 85.2 Å². The van der Waals surface area contributed by atoms with Crippen LogP contribution in [0.15, 0.2) is 12.2 Å². The number of nitrogens with zero attached hydrogens (tertiary/aromatic N) is 1. The minimum Gasteiger partial charge on any atom is -0.317 e. The maximum absolute atomic E-state index is 11.0. The zero-order valence-corrected chi connectivity index (χ0v) is 8.54. The fourth-order valence-corrected chi connectivity index (χ4v) is 2.52. The van der Waals surface area contributed by atoms with Crippen LogP contribution < -0.4 is 5.32 Å². The molecule has 0 aromatic rings. The van der Waals surface area contributed by atoms with Crippen molar-refractivity contribution < 1.29 is 4.79 Å². The van der Waals surface area contributed by atoms with Crippen LogP contribution in [0.5, 0.6) is 0 Å². The summed E-state index contributed by atoms with van der Waals surface area (Å²) in [6.45, 7) is 7.15. The Hall–Kier alpha value is -0.670.